The lowest BCUT2D eigenvalue weighted by atomic mass is 10.3. The van der Waals surface area contributed by atoms with Crippen LogP contribution >= 0.6 is 31.9 Å². The van der Waals surface area contributed by atoms with Crippen molar-refractivity contribution in [3.8, 4) is 11.5 Å². The van der Waals surface area contributed by atoms with Crippen LogP contribution in [0.4, 0.5) is 5.69 Å². The first-order valence-corrected chi connectivity index (χ1v) is 8.75. The number of benzene rings is 2. The molecule has 2 aromatic rings. The molecule has 0 aliphatic carbocycles. The highest BCUT2D eigenvalue weighted by Crippen LogP contribution is 2.32. The lowest BCUT2D eigenvalue weighted by molar-refractivity contribution is 0.408. The Balaban J connectivity index is 2.40. The number of nitrogens with one attached hydrogen (secondary N) is 1. The van der Waals surface area contributed by atoms with Crippen LogP contribution < -0.4 is 9.46 Å². The predicted octanol–water partition coefficient (Wildman–Crippen LogP) is 3.73. The molecule has 0 amide bonds. The number of halogens is 2. The van der Waals surface area contributed by atoms with Gasteiger partial charge < -0.3 is 9.84 Å². The Morgan fingerprint density at radius 2 is 1.86 bits per heavy atom. The second-order valence-electron chi connectivity index (χ2n) is 4.06. The highest BCUT2D eigenvalue weighted by molar-refractivity contribution is 9.11. The number of sulfonamides is 1. The Morgan fingerprint density at radius 3 is 2.48 bits per heavy atom. The molecule has 112 valence electrons. The molecule has 0 aromatic heterocycles. The molecule has 0 fully saturated rings. The fourth-order valence-electron chi connectivity index (χ4n) is 1.61. The van der Waals surface area contributed by atoms with Gasteiger partial charge in [-0.2, -0.15) is 0 Å². The first kappa shape index (κ1) is 16.1. The van der Waals surface area contributed by atoms with E-state index in [0.29, 0.717) is 14.7 Å². The van der Waals surface area contributed by atoms with Gasteiger partial charge in [-0.15, -0.1) is 0 Å². The van der Waals surface area contributed by atoms with Gasteiger partial charge in [0, 0.05) is 15.0 Å². The summed E-state index contributed by atoms with van der Waals surface area (Å²) in [6.07, 6.45) is 0. The maximum absolute atomic E-state index is 12.4. The Kier molecular flexibility index (Phi) is 4.80. The van der Waals surface area contributed by atoms with Crippen molar-refractivity contribution in [2.24, 2.45) is 0 Å². The predicted molar refractivity (Wildman–Crippen MR) is 87.3 cm³/mol. The molecule has 21 heavy (non-hydrogen) atoms. The zero-order chi connectivity index (χ0) is 15.6. The average Bonchev–Trinajstić information content (AvgIpc) is 2.43. The van der Waals surface area contributed by atoms with Crippen molar-refractivity contribution in [3.05, 3.63) is 45.3 Å². The van der Waals surface area contributed by atoms with Crippen molar-refractivity contribution in [2.75, 3.05) is 11.8 Å². The van der Waals surface area contributed by atoms with E-state index in [2.05, 4.69) is 36.6 Å². The molecule has 2 aromatic carbocycles. The number of hydrogen-bond acceptors (Lipinski definition) is 4. The second-order valence-corrected chi connectivity index (χ2v) is 7.48. The smallest absolute Gasteiger partial charge is 0.263 e. The van der Waals surface area contributed by atoms with Gasteiger partial charge in [-0.3, -0.25) is 4.72 Å². The van der Waals surface area contributed by atoms with Gasteiger partial charge in [0.25, 0.3) is 10.0 Å². The van der Waals surface area contributed by atoms with E-state index in [0.717, 1.165) is 0 Å². The van der Waals surface area contributed by atoms with Crippen molar-refractivity contribution in [3.63, 3.8) is 0 Å². The summed E-state index contributed by atoms with van der Waals surface area (Å²) in [5, 5.41) is 9.83. The minimum absolute atomic E-state index is 0.0621. The molecule has 0 aliphatic rings. The normalized spacial score (nSPS) is 11.2. The van der Waals surface area contributed by atoms with Crippen LogP contribution in [-0.2, 0) is 10.0 Å². The monoisotopic (exact) mass is 435 g/mol. The molecule has 0 saturated carbocycles. The summed E-state index contributed by atoms with van der Waals surface area (Å²) in [6.45, 7) is 0. The van der Waals surface area contributed by atoms with Crippen LogP contribution in [0.5, 0.6) is 11.5 Å². The maximum Gasteiger partial charge on any atom is 0.263 e. The number of anilines is 1. The summed E-state index contributed by atoms with van der Waals surface area (Å²) in [5.74, 6) is 0.211. The van der Waals surface area contributed by atoms with E-state index in [9.17, 15) is 13.5 Å². The molecule has 0 heterocycles. The van der Waals surface area contributed by atoms with Crippen molar-refractivity contribution >= 4 is 47.6 Å². The third-order valence-electron chi connectivity index (χ3n) is 2.63. The zero-order valence-electron chi connectivity index (χ0n) is 10.8. The Bertz CT molecular complexity index is 778. The molecule has 2 N–H and O–H groups in total. The summed E-state index contributed by atoms with van der Waals surface area (Å²) < 4.78 is 33.1. The Hall–Kier alpha value is -1.25. The zero-order valence-corrected chi connectivity index (χ0v) is 14.8. The summed E-state index contributed by atoms with van der Waals surface area (Å²) >= 11 is 6.43. The summed E-state index contributed by atoms with van der Waals surface area (Å²) in [7, 11) is -2.38. The van der Waals surface area contributed by atoms with Crippen molar-refractivity contribution in [1.82, 2.24) is 0 Å². The molecule has 0 saturated heterocycles. The Labute approximate surface area is 139 Å². The van der Waals surface area contributed by atoms with Crippen LogP contribution in [-0.4, -0.2) is 20.6 Å². The quantitative estimate of drug-likeness (QED) is 0.716. The van der Waals surface area contributed by atoms with Crippen LogP contribution in [0.1, 0.15) is 0 Å². The standard InChI is InChI=1S/C13H11Br2NO4S/c1-20-9-3-5-11(12(17)7-9)16-21(18,19)13-6-8(14)2-4-10(13)15/h2-7,16-17H,1H3. The fourth-order valence-corrected chi connectivity index (χ4v) is 4.19. The van der Waals surface area contributed by atoms with E-state index >= 15 is 0 Å². The molecule has 5 nitrogen and oxygen atoms in total. The van der Waals surface area contributed by atoms with E-state index in [-0.39, 0.29) is 16.3 Å². The van der Waals surface area contributed by atoms with Crippen molar-refractivity contribution in [2.45, 2.75) is 4.90 Å². The van der Waals surface area contributed by atoms with Gasteiger partial charge in [0.05, 0.1) is 12.8 Å². The summed E-state index contributed by atoms with van der Waals surface area (Å²) in [5.41, 5.74) is 0.0719. The molecule has 0 unspecified atom stereocenters. The lowest BCUT2D eigenvalue weighted by Gasteiger charge is -2.12. The van der Waals surface area contributed by atoms with Crippen LogP contribution in [0, 0.1) is 0 Å². The van der Waals surface area contributed by atoms with E-state index in [1.165, 1.54) is 25.3 Å². The largest absolute Gasteiger partial charge is 0.506 e. The number of rotatable bonds is 4. The van der Waals surface area contributed by atoms with Crippen LogP contribution in [0.15, 0.2) is 50.2 Å². The number of hydrogen-bond donors (Lipinski definition) is 2. The third-order valence-corrected chi connectivity index (χ3v) is 5.48. The minimum atomic E-state index is -3.84. The second kappa shape index (κ2) is 6.25. The molecule has 0 aliphatic heterocycles. The number of phenols is 1. The van der Waals surface area contributed by atoms with Gasteiger partial charge in [-0.1, -0.05) is 15.9 Å². The Morgan fingerprint density at radius 1 is 1.14 bits per heavy atom. The first-order valence-electron chi connectivity index (χ1n) is 5.68. The number of aromatic hydroxyl groups is 1. The fraction of sp³-hybridized carbons (Fsp3) is 0.0769. The lowest BCUT2D eigenvalue weighted by Crippen LogP contribution is -2.13. The van der Waals surface area contributed by atoms with Crippen molar-refractivity contribution in [1.29, 1.82) is 0 Å². The summed E-state index contributed by atoms with van der Waals surface area (Å²) in [6, 6.07) is 9.10. The molecule has 0 bridgehead atoms. The molecular weight excluding hydrogens is 426 g/mol. The van der Waals surface area contributed by atoms with Gasteiger partial charge in [0.2, 0.25) is 0 Å². The molecule has 8 heteroatoms. The van der Waals surface area contributed by atoms with E-state index < -0.39 is 10.0 Å². The molecule has 0 radical (unpaired) electrons. The highest BCUT2D eigenvalue weighted by Gasteiger charge is 2.19. The number of ether oxygens (including phenoxy) is 1. The SMILES string of the molecule is COc1ccc(NS(=O)(=O)c2cc(Br)ccc2Br)c(O)c1. The van der Waals surface area contributed by atoms with Crippen LogP contribution in [0.3, 0.4) is 0 Å². The molecule has 0 spiro atoms. The van der Waals surface area contributed by atoms with Crippen LogP contribution in [0.2, 0.25) is 0 Å². The molecule has 0 atom stereocenters. The van der Waals surface area contributed by atoms with E-state index in [1.807, 2.05) is 0 Å². The molecule has 2 rings (SSSR count). The van der Waals surface area contributed by atoms with Crippen LogP contribution in [0.25, 0.3) is 0 Å². The van der Waals surface area contributed by atoms with Gasteiger partial charge >= 0.3 is 0 Å². The maximum atomic E-state index is 12.4. The van der Waals surface area contributed by atoms with Gasteiger partial charge in [-0.05, 0) is 46.3 Å². The highest BCUT2D eigenvalue weighted by atomic mass is 79.9. The third kappa shape index (κ3) is 3.69. The topological polar surface area (TPSA) is 75.6 Å². The van der Waals surface area contributed by atoms with E-state index in [4.69, 9.17) is 4.74 Å². The first-order chi connectivity index (χ1) is 9.83. The number of phenolic OH excluding ortho intramolecular Hbond substituents is 1. The van der Waals surface area contributed by atoms with Gasteiger partial charge in [0.1, 0.15) is 16.4 Å². The van der Waals surface area contributed by atoms with Crippen molar-refractivity contribution < 1.29 is 18.3 Å². The minimum Gasteiger partial charge on any atom is -0.506 e. The summed E-state index contributed by atoms with van der Waals surface area (Å²) in [4.78, 5) is 0.0621. The number of methoxy groups -OCH3 is 1. The average molecular weight is 437 g/mol. The van der Waals surface area contributed by atoms with E-state index in [1.54, 1.807) is 18.2 Å². The molecular formula is C13H11Br2NO4S. The van der Waals surface area contributed by atoms with Gasteiger partial charge in [-0.25, -0.2) is 8.42 Å². The van der Waals surface area contributed by atoms with Gasteiger partial charge in [0.15, 0.2) is 0 Å².